The van der Waals surface area contributed by atoms with E-state index >= 15 is 0 Å². The summed E-state index contributed by atoms with van der Waals surface area (Å²) in [6, 6.07) is 11.4. The number of nitrogens with one attached hydrogen (secondary N) is 1. The Kier molecular flexibility index (Phi) is 4.17. The first-order valence-electron chi connectivity index (χ1n) is 5.21. The minimum Gasteiger partial charge on any atom is -0.399 e. The summed E-state index contributed by atoms with van der Waals surface area (Å²) in [4.78, 5) is 0.163. The SMILES string of the molecule is Nc1cccc(NS(=O)(=O)c2cc(Br)cc(Br)c2)c1. The van der Waals surface area contributed by atoms with Gasteiger partial charge in [0.15, 0.2) is 0 Å². The molecule has 0 fully saturated rings. The fourth-order valence-electron chi connectivity index (χ4n) is 1.50. The molecule has 2 rings (SSSR count). The normalized spacial score (nSPS) is 11.3. The highest BCUT2D eigenvalue weighted by molar-refractivity contribution is 9.11. The first-order valence-corrected chi connectivity index (χ1v) is 8.28. The van der Waals surface area contributed by atoms with Crippen molar-refractivity contribution in [2.24, 2.45) is 0 Å². The molecule has 0 saturated carbocycles. The van der Waals surface area contributed by atoms with Gasteiger partial charge in [0.05, 0.1) is 10.6 Å². The van der Waals surface area contributed by atoms with E-state index in [1.165, 1.54) is 12.1 Å². The van der Waals surface area contributed by atoms with Gasteiger partial charge in [-0.05, 0) is 36.4 Å². The summed E-state index contributed by atoms with van der Waals surface area (Å²) < 4.78 is 28.3. The molecule has 0 spiro atoms. The lowest BCUT2D eigenvalue weighted by atomic mass is 10.3. The van der Waals surface area contributed by atoms with Crippen LogP contribution in [0.25, 0.3) is 0 Å². The van der Waals surface area contributed by atoms with Crippen LogP contribution in [0.3, 0.4) is 0 Å². The number of halogens is 2. The molecule has 2 aromatic carbocycles. The van der Waals surface area contributed by atoms with E-state index in [0.717, 1.165) is 0 Å². The van der Waals surface area contributed by atoms with Gasteiger partial charge in [-0.25, -0.2) is 8.42 Å². The van der Waals surface area contributed by atoms with Gasteiger partial charge in [-0.1, -0.05) is 37.9 Å². The van der Waals surface area contributed by atoms with Crippen LogP contribution in [0.15, 0.2) is 56.3 Å². The lowest BCUT2D eigenvalue weighted by Gasteiger charge is -2.09. The zero-order valence-corrected chi connectivity index (χ0v) is 13.6. The van der Waals surface area contributed by atoms with Gasteiger partial charge in [0.25, 0.3) is 10.0 Å². The Balaban J connectivity index is 2.37. The summed E-state index contributed by atoms with van der Waals surface area (Å²) in [5.41, 5.74) is 6.54. The second kappa shape index (κ2) is 5.52. The highest BCUT2D eigenvalue weighted by Gasteiger charge is 2.15. The Morgan fingerprint density at radius 1 is 1.00 bits per heavy atom. The quantitative estimate of drug-likeness (QED) is 0.766. The van der Waals surface area contributed by atoms with Gasteiger partial charge in [0.1, 0.15) is 0 Å². The third-order valence-corrected chi connectivity index (χ3v) is 4.56. The molecule has 0 amide bonds. The van der Waals surface area contributed by atoms with E-state index in [4.69, 9.17) is 5.73 Å². The molecule has 0 aliphatic heterocycles. The molecule has 7 heteroatoms. The minimum atomic E-state index is -3.64. The molecular weight excluding hydrogens is 396 g/mol. The standard InChI is InChI=1S/C12H10Br2N2O2S/c13-8-4-9(14)6-12(5-8)19(17,18)16-11-3-1-2-10(15)7-11/h1-7,16H,15H2. The number of hydrogen-bond donors (Lipinski definition) is 2. The van der Waals surface area contributed by atoms with Crippen molar-refractivity contribution < 1.29 is 8.42 Å². The molecule has 0 radical (unpaired) electrons. The molecule has 0 heterocycles. The van der Waals surface area contributed by atoms with Crippen LogP contribution in [0.2, 0.25) is 0 Å². The van der Waals surface area contributed by atoms with Crippen LogP contribution in [0.5, 0.6) is 0 Å². The molecule has 0 saturated heterocycles. The van der Waals surface area contributed by atoms with Crippen molar-refractivity contribution in [3.63, 3.8) is 0 Å². The van der Waals surface area contributed by atoms with Gasteiger partial charge in [-0.15, -0.1) is 0 Å². The molecule has 4 nitrogen and oxygen atoms in total. The monoisotopic (exact) mass is 404 g/mol. The second-order valence-electron chi connectivity index (χ2n) is 3.84. The van der Waals surface area contributed by atoms with Crippen molar-refractivity contribution in [1.82, 2.24) is 0 Å². The largest absolute Gasteiger partial charge is 0.399 e. The van der Waals surface area contributed by atoms with Crippen LogP contribution >= 0.6 is 31.9 Å². The van der Waals surface area contributed by atoms with E-state index in [1.807, 2.05) is 0 Å². The molecule has 0 aliphatic carbocycles. The van der Waals surface area contributed by atoms with Gasteiger partial charge in [0, 0.05) is 14.6 Å². The van der Waals surface area contributed by atoms with E-state index in [-0.39, 0.29) is 4.90 Å². The molecule has 3 N–H and O–H groups in total. The van der Waals surface area contributed by atoms with Crippen LogP contribution in [0.1, 0.15) is 0 Å². The summed E-state index contributed by atoms with van der Waals surface area (Å²) in [5.74, 6) is 0. The number of sulfonamides is 1. The van der Waals surface area contributed by atoms with Gasteiger partial charge in [-0.2, -0.15) is 0 Å². The van der Waals surface area contributed by atoms with E-state index < -0.39 is 10.0 Å². The van der Waals surface area contributed by atoms with Crippen molar-refractivity contribution in [3.8, 4) is 0 Å². The smallest absolute Gasteiger partial charge is 0.261 e. The first-order chi connectivity index (χ1) is 8.87. The van der Waals surface area contributed by atoms with Crippen LogP contribution < -0.4 is 10.5 Å². The fraction of sp³-hybridized carbons (Fsp3) is 0. The second-order valence-corrected chi connectivity index (χ2v) is 7.35. The molecule has 0 unspecified atom stereocenters. The van der Waals surface area contributed by atoms with E-state index in [0.29, 0.717) is 20.3 Å². The molecular formula is C12H10Br2N2O2S. The Hall–Kier alpha value is -1.05. The maximum absolute atomic E-state index is 12.2. The van der Waals surface area contributed by atoms with Crippen LogP contribution in [-0.2, 0) is 10.0 Å². The number of rotatable bonds is 3. The summed E-state index contributed by atoms with van der Waals surface area (Å²) in [7, 11) is -3.64. The molecule has 0 atom stereocenters. The van der Waals surface area contributed by atoms with Crippen molar-refractivity contribution in [1.29, 1.82) is 0 Å². The van der Waals surface area contributed by atoms with Gasteiger partial charge < -0.3 is 5.73 Å². The predicted molar refractivity (Wildman–Crippen MR) is 83.5 cm³/mol. The van der Waals surface area contributed by atoms with Gasteiger partial charge in [-0.3, -0.25) is 4.72 Å². The summed E-state index contributed by atoms with van der Waals surface area (Å²) in [6.45, 7) is 0. The van der Waals surface area contributed by atoms with Crippen molar-refractivity contribution in [2.45, 2.75) is 4.90 Å². The van der Waals surface area contributed by atoms with Crippen molar-refractivity contribution in [3.05, 3.63) is 51.4 Å². The Morgan fingerprint density at radius 2 is 1.63 bits per heavy atom. The summed E-state index contributed by atoms with van der Waals surface area (Å²) in [6.07, 6.45) is 0. The molecule has 0 aliphatic rings. The van der Waals surface area contributed by atoms with Crippen LogP contribution in [0.4, 0.5) is 11.4 Å². The molecule has 19 heavy (non-hydrogen) atoms. The topological polar surface area (TPSA) is 72.2 Å². The lowest BCUT2D eigenvalue weighted by Crippen LogP contribution is -2.13. The summed E-state index contributed by atoms with van der Waals surface area (Å²) in [5, 5.41) is 0. The van der Waals surface area contributed by atoms with Crippen LogP contribution in [-0.4, -0.2) is 8.42 Å². The number of nitrogen functional groups attached to an aromatic ring is 1. The highest BCUT2D eigenvalue weighted by Crippen LogP contribution is 2.25. The van der Waals surface area contributed by atoms with Gasteiger partial charge in [0.2, 0.25) is 0 Å². The maximum Gasteiger partial charge on any atom is 0.261 e. The predicted octanol–water partition coefficient (Wildman–Crippen LogP) is 3.59. The number of anilines is 2. The van der Waals surface area contributed by atoms with E-state index in [1.54, 1.807) is 30.3 Å². The number of hydrogen-bond acceptors (Lipinski definition) is 3. The van der Waals surface area contributed by atoms with E-state index in [2.05, 4.69) is 36.6 Å². The van der Waals surface area contributed by atoms with Crippen molar-refractivity contribution in [2.75, 3.05) is 10.5 Å². The Bertz CT molecular complexity index is 697. The molecule has 0 aromatic heterocycles. The Labute approximate surface area is 128 Å². The highest BCUT2D eigenvalue weighted by atomic mass is 79.9. The number of nitrogens with two attached hydrogens (primary N) is 1. The molecule has 100 valence electrons. The average Bonchev–Trinajstić information content (AvgIpc) is 2.26. The van der Waals surface area contributed by atoms with Gasteiger partial charge >= 0.3 is 0 Å². The zero-order chi connectivity index (χ0) is 14.0. The molecule has 0 bridgehead atoms. The van der Waals surface area contributed by atoms with Crippen molar-refractivity contribution >= 4 is 53.3 Å². The third-order valence-electron chi connectivity index (χ3n) is 2.29. The molecule has 2 aromatic rings. The number of benzene rings is 2. The maximum atomic E-state index is 12.2. The lowest BCUT2D eigenvalue weighted by molar-refractivity contribution is 0.601. The van der Waals surface area contributed by atoms with E-state index in [9.17, 15) is 8.42 Å². The third kappa shape index (κ3) is 3.71. The fourth-order valence-corrected chi connectivity index (χ4v) is 4.22. The first kappa shape index (κ1) is 14.4. The Morgan fingerprint density at radius 3 is 2.21 bits per heavy atom. The van der Waals surface area contributed by atoms with Crippen LogP contribution in [0, 0.1) is 0 Å². The minimum absolute atomic E-state index is 0.163. The zero-order valence-electron chi connectivity index (χ0n) is 9.60. The average molecular weight is 406 g/mol. The summed E-state index contributed by atoms with van der Waals surface area (Å²) >= 11 is 6.52.